The Hall–Kier alpha value is -2.45. The fraction of sp³-hybridized carbons (Fsp3) is 0.700. The first-order valence-corrected chi connectivity index (χ1v) is 14.8. The van der Waals surface area contributed by atoms with Crippen LogP contribution in [0.3, 0.4) is 0 Å². The van der Waals surface area contributed by atoms with Crippen molar-refractivity contribution in [3.63, 3.8) is 0 Å². The minimum atomic E-state index is -0.612. The molecule has 4 aliphatic rings. The summed E-state index contributed by atoms with van der Waals surface area (Å²) in [6.45, 7) is 10.1. The zero-order chi connectivity index (χ0) is 26.6. The zero-order valence-electron chi connectivity index (χ0n) is 23.1. The van der Waals surface area contributed by atoms with Crippen LogP contribution in [0.2, 0.25) is 0 Å². The average Bonchev–Trinajstić information content (AvgIpc) is 3.52. The second-order valence-electron chi connectivity index (χ2n) is 11.5. The Morgan fingerprint density at radius 2 is 1.74 bits per heavy atom. The van der Waals surface area contributed by atoms with Crippen LogP contribution in [0.4, 0.5) is 5.69 Å². The van der Waals surface area contributed by atoms with Crippen molar-refractivity contribution in [1.29, 1.82) is 0 Å². The number of hydrogen-bond acceptors (Lipinski definition) is 6. The van der Waals surface area contributed by atoms with Gasteiger partial charge < -0.3 is 24.8 Å². The number of ether oxygens (including phenoxy) is 1. The molecule has 0 aromatic heterocycles. The summed E-state index contributed by atoms with van der Waals surface area (Å²) in [4.78, 5) is 46.8. The van der Waals surface area contributed by atoms with Gasteiger partial charge in [0.1, 0.15) is 18.7 Å². The third-order valence-corrected chi connectivity index (χ3v) is 9.22. The van der Waals surface area contributed by atoms with Crippen molar-refractivity contribution < 1.29 is 19.1 Å². The van der Waals surface area contributed by atoms with Gasteiger partial charge in [0.15, 0.2) is 5.78 Å². The Kier molecular flexibility index (Phi) is 8.68. The molecule has 0 spiro atoms. The van der Waals surface area contributed by atoms with Crippen LogP contribution < -0.4 is 10.2 Å². The molecule has 3 aliphatic heterocycles. The minimum Gasteiger partial charge on any atom is -0.369 e. The van der Waals surface area contributed by atoms with E-state index in [9.17, 15) is 14.4 Å². The lowest BCUT2D eigenvalue weighted by molar-refractivity contribution is -0.139. The first-order valence-electron chi connectivity index (χ1n) is 14.8. The summed E-state index contributed by atoms with van der Waals surface area (Å²) in [6.07, 6.45) is 6.85. The van der Waals surface area contributed by atoms with E-state index in [1.165, 1.54) is 6.42 Å². The molecule has 1 aliphatic carbocycles. The number of nitrogens with one attached hydrogen (secondary N) is 1. The van der Waals surface area contributed by atoms with Gasteiger partial charge >= 0.3 is 0 Å². The number of likely N-dealkylation sites (N-methyl/N-ethyl adjacent to an activating group) is 1. The molecule has 38 heavy (non-hydrogen) atoms. The number of carbonyl (C=O) groups is 3. The van der Waals surface area contributed by atoms with Gasteiger partial charge in [0.25, 0.3) is 5.91 Å². The highest BCUT2D eigenvalue weighted by atomic mass is 16.5. The predicted octanol–water partition coefficient (Wildman–Crippen LogP) is 3.10. The quantitative estimate of drug-likeness (QED) is 0.563. The van der Waals surface area contributed by atoms with Gasteiger partial charge in [-0.05, 0) is 56.0 Å². The number of anilines is 1. The van der Waals surface area contributed by atoms with Crippen LogP contribution in [-0.2, 0) is 14.3 Å². The molecule has 0 bridgehead atoms. The molecule has 208 valence electrons. The topological polar surface area (TPSA) is 82.2 Å². The van der Waals surface area contributed by atoms with E-state index < -0.39 is 12.1 Å². The van der Waals surface area contributed by atoms with Crippen molar-refractivity contribution in [1.82, 2.24) is 15.1 Å². The predicted molar refractivity (Wildman–Crippen MR) is 147 cm³/mol. The van der Waals surface area contributed by atoms with Gasteiger partial charge in [0.05, 0.1) is 6.10 Å². The molecule has 1 N–H and O–H groups in total. The van der Waals surface area contributed by atoms with Crippen LogP contribution in [0.5, 0.6) is 0 Å². The first kappa shape index (κ1) is 27.1. The molecule has 1 aromatic rings. The molecule has 0 radical (unpaired) electrons. The van der Waals surface area contributed by atoms with Gasteiger partial charge in [-0.2, -0.15) is 0 Å². The van der Waals surface area contributed by atoms with Crippen LogP contribution in [0.15, 0.2) is 24.3 Å². The SMILES string of the molecule is CCC[C@@H]1CN(C(=O)[C@@H](NC(=O)c2ccc(N3CCN(CC)CC3)cc2)C2CCCCC2)[C@@H]2C(=O)CO[C@H]12. The monoisotopic (exact) mass is 524 g/mol. The van der Waals surface area contributed by atoms with E-state index in [-0.39, 0.29) is 42.1 Å². The summed E-state index contributed by atoms with van der Waals surface area (Å²) in [5.41, 5.74) is 1.69. The van der Waals surface area contributed by atoms with Crippen molar-refractivity contribution >= 4 is 23.3 Å². The number of piperazine rings is 1. The number of nitrogens with zero attached hydrogens (tertiary/aromatic N) is 3. The minimum absolute atomic E-state index is 0.00830. The number of rotatable bonds is 8. The number of likely N-dealkylation sites (tertiary alicyclic amines) is 1. The Labute approximate surface area is 227 Å². The fourth-order valence-electron chi connectivity index (χ4n) is 7.00. The van der Waals surface area contributed by atoms with Crippen LogP contribution >= 0.6 is 0 Å². The maximum atomic E-state index is 14.1. The molecule has 2 amide bonds. The van der Waals surface area contributed by atoms with E-state index >= 15 is 0 Å². The van der Waals surface area contributed by atoms with E-state index in [2.05, 4.69) is 29.0 Å². The zero-order valence-corrected chi connectivity index (χ0v) is 23.1. The number of fused-ring (bicyclic) bond motifs is 1. The number of amides is 2. The summed E-state index contributed by atoms with van der Waals surface area (Å²) in [6, 6.07) is 6.66. The molecular weight excluding hydrogens is 480 g/mol. The number of Topliss-reactive ketones (excluding diaryl/α,β-unsaturated/α-hetero) is 1. The highest BCUT2D eigenvalue weighted by Gasteiger charge is 2.53. The molecule has 4 atom stereocenters. The second-order valence-corrected chi connectivity index (χ2v) is 11.5. The average molecular weight is 525 g/mol. The number of benzene rings is 1. The van der Waals surface area contributed by atoms with E-state index in [0.717, 1.165) is 76.9 Å². The summed E-state index contributed by atoms with van der Waals surface area (Å²) in [7, 11) is 0. The molecule has 8 heteroatoms. The standard InChI is InChI=1S/C30H44N4O4/c1-3-8-23-19-34(27-25(35)20-38-28(23)27)30(37)26(21-9-6-5-7-10-21)31-29(36)22-11-13-24(14-12-22)33-17-15-32(4-2)16-18-33/h11-14,21,23,26-28H,3-10,15-20H2,1-2H3,(H,31,36)/t23-,26+,27-,28-/m1/s1. The summed E-state index contributed by atoms with van der Waals surface area (Å²) >= 11 is 0. The second kappa shape index (κ2) is 12.2. The summed E-state index contributed by atoms with van der Waals surface area (Å²) in [5, 5.41) is 3.13. The molecule has 1 saturated carbocycles. The Balaban J connectivity index is 1.30. The lowest BCUT2D eigenvalue weighted by Gasteiger charge is -2.35. The fourth-order valence-corrected chi connectivity index (χ4v) is 7.00. The van der Waals surface area contributed by atoms with Gasteiger partial charge in [-0.25, -0.2) is 0 Å². The van der Waals surface area contributed by atoms with Gasteiger partial charge in [0.2, 0.25) is 5.91 Å². The summed E-state index contributed by atoms with van der Waals surface area (Å²) in [5.74, 6) is -0.0643. The van der Waals surface area contributed by atoms with Crippen molar-refractivity contribution in [3.05, 3.63) is 29.8 Å². The van der Waals surface area contributed by atoms with Gasteiger partial charge in [-0.3, -0.25) is 14.4 Å². The molecule has 3 heterocycles. The van der Waals surface area contributed by atoms with E-state index in [0.29, 0.717) is 12.1 Å². The lowest BCUT2D eigenvalue weighted by Crippen LogP contribution is -2.55. The Morgan fingerprint density at radius 3 is 2.39 bits per heavy atom. The maximum absolute atomic E-state index is 14.1. The lowest BCUT2D eigenvalue weighted by atomic mass is 9.83. The maximum Gasteiger partial charge on any atom is 0.251 e. The largest absolute Gasteiger partial charge is 0.369 e. The van der Waals surface area contributed by atoms with E-state index in [1.807, 2.05) is 24.3 Å². The third-order valence-electron chi connectivity index (χ3n) is 9.22. The molecule has 4 fully saturated rings. The molecule has 8 nitrogen and oxygen atoms in total. The summed E-state index contributed by atoms with van der Waals surface area (Å²) < 4.78 is 5.85. The van der Waals surface area contributed by atoms with Crippen LogP contribution in [-0.4, -0.2) is 91.5 Å². The molecule has 0 unspecified atom stereocenters. The van der Waals surface area contributed by atoms with Crippen molar-refractivity contribution in [2.75, 3.05) is 50.8 Å². The highest BCUT2D eigenvalue weighted by Crippen LogP contribution is 2.36. The van der Waals surface area contributed by atoms with Crippen molar-refractivity contribution in [2.45, 2.75) is 77.0 Å². The van der Waals surface area contributed by atoms with Gasteiger partial charge in [-0.15, -0.1) is 0 Å². The number of hydrogen-bond donors (Lipinski definition) is 1. The van der Waals surface area contributed by atoms with Gasteiger partial charge in [0, 0.05) is 49.9 Å². The number of carbonyl (C=O) groups excluding carboxylic acids is 3. The first-order chi connectivity index (χ1) is 18.5. The van der Waals surface area contributed by atoms with E-state index in [1.54, 1.807) is 4.90 Å². The Morgan fingerprint density at radius 1 is 1.03 bits per heavy atom. The third kappa shape index (κ3) is 5.62. The van der Waals surface area contributed by atoms with Crippen LogP contribution in [0.1, 0.15) is 69.2 Å². The van der Waals surface area contributed by atoms with Crippen LogP contribution in [0, 0.1) is 11.8 Å². The van der Waals surface area contributed by atoms with Crippen molar-refractivity contribution in [3.8, 4) is 0 Å². The molecule has 3 saturated heterocycles. The molecule has 1 aromatic carbocycles. The smallest absolute Gasteiger partial charge is 0.251 e. The normalized spacial score (nSPS) is 27.4. The number of ketones is 1. The van der Waals surface area contributed by atoms with Crippen LogP contribution in [0.25, 0.3) is 0 Å². The van der Waals surface area contributed by atoms with Crippen molar-refractivity contribution in [2.24, 2.45) is 11.8 Å². The Bertz CT molecular complexity index is 984. The van der Waals surface area contributed by atoms with E-state index in [4.69, 9.17) is 4.74 Å². The molecular formula is C30H44N4O4. The molecule has 5 rings (SSSR count). The van der Waals surface area contributed by atoms with Gasteiger partial charge in [-0.1, -0.05) is 39.5 Å². The highest BCUT2D eigenvalue weighted by molar-refractivity contribution is 5.99.